The maximum Gasteiger partial charge on any atom is 0.225 e. The average molecular weight is 403 g/mol. The highest BCUT2D eigenvalue weighted by atomic mass is 19.1. The Balaban J connectivity index is 1.46. The Kier molecular flexibility index (Phi) is 4.86. The zero-order valence-electron chi connectivity index (χ0n) is 16.5. The van der Waals surface area contributed by atoms with Crippen LogP contribution in [-0.4, -0.2) is 38.8 Å². The Labute approximate surface area is 174 Å². The number of nitrogens with one attached hydrogen (secondary N) is 1. The monoisotopic (exact) mass is 403 g/mol. The second-order valence-electron chi connectivity index (χ2n) is 7.91. The van der Waals surface area contributed by atoms with Crippen LogP contribution in [0.5, 0.6) is 0 Å². The second kappa shape index (κ2) is 7.82. The van der Waals surface area contributed by atoms with E-state index in [4.69, 9.17) is 9.97 Å². The van der Waals surface area contributed by atoms with Gasteiger partial charge in [-0.3, -0.25) is 9.78 Å². The summed E-state index contributed by atoms with van der Waals surface area (Å²) in [6.07, 6.45) is 6.31. The zero-order valence-corrected chi connectivity index (χ0v) is 16.5. The minimum atomic E-state index is -0.311. The molecule has 1 aliphatic carbocycles. The van der Waals surface area contributed by atoms with E-state index in [1.165, 1.54) is 12.1 Å². The van der Waals surface area contributed by atoms with E-state index in [1.54, 1.807) is 24.5 Å². The summed E-state index contributed by atoms with van der Waals surface area (Å²) >= 11 is 0. The molecule has 3 heterocycles. The lowest BCUT2D eigenvalue weighted by Gasteiger charge is -2.17. The van der Waals surface area contributed by atoms with Gasteiger partial charge in [-0.25, -0.2) is 14.4 Å². The molecule has 1 aliphatic heterocycles. The first-order valence-corrected chi connectivity index (χ1v) is 10.3. The summed E-state index contributed by atoms with van der Waals surface area (Å²) in [7, 11) is 0. The molecule has 1 saturated heterocycles. The van der Waals surface area contributed by atoms with Gasteiger partial charge in [0.25, 0.3) is 0 Å². The van der Waals surface area contributed by atoms with Crippen molar-refractivity contribution in [1.82, 2.24) is 19.9 Å². The van der Waals surface area contributed by atoms with Crippen LogP contribution < -0.4 is 5.32 Å². The van der Waals surface area contributed by atoms with Crippen LogP contribution >= 0.6 is 0 Å². The van der Waals surface area contributed by atoms with Crippen LogP contribution in [0.4, 0.5) is 15.9 Å². The molecule has 0 radical (unpaired) electrons. The lowest BCUT2D eigenvalue weighted by atomic mass is 10.1. The molecule has 1 saturated carbocycles. The molecule has 7 heteroatoms. The summed E-state index contributed by atoms with van der Waals surface area (Å²) in [5.74, 6) is 1.56. The van der Waals surface area contributed by atoms with Crippen LogP contribution in [0.3, 0.4) is 0 Å². The molecule has 30 heavy (non-hydrogen) atoms. The van der Waals surface area contributed by atoms with Crippen LogP contribution in [0.1, 0.15) is 31.0 Å². The second-order valence-corrected chi connectivity index (χ2v) is 7.91. The molecule has 152 valence electrons. The standard InChI is InChI=1S/C23H22FN5O/c24-18-2-1-3-19(12-18)26-21-13-20(15-6-9-25-10-7-15)27-22(28-21)17-8-11-29(14-17)23(30)16-4-5-16/h1-3,6-7,9-10,12-13,16-17H,4-5,8,11,14H2,(H,26,27,28)/t17-/m1/s1. The molecular formula is C23H22FN5O. The fraction of sp³-hybridized carbons (Fsp3) is 0.304. The summed E-state index contributed by atoms with van der Waals surface area (Å²) in [5, 5.41) is 3.19. The van der Waals surface area contributed by atoms with Gasteiger partial charge in [0.2, 0.25) is 5.91 Å². The Hall–Kier alpha value is -3.35. The fourth-order valence-electron chi connectivity index (χ4n) is 3.86. The normalized spacial score (nSPS) is 18.4. The summed E-state index contributed by atoms with van der Waals surface area (Å²) in [6.45, 7) is 1.39. The third kappa shape index (κ3) is 4.01. The number of nitrogens with zero attached hydrogens (tertiary/aromatic N) is 4. The van der Waals surface area contributed by atoms with Crippen LogP contribution in [0, 0.1) is 11.7 Å². The van der Waals surface area contributed by atoms with Gasteiger partial charge in [0.05, 0.1) is 5.69 Å². The average Bonchev–Trinajstić information content (AvgIpc) is 3.50. The number of carbonyl (C=O) groups is 1. The number of likely N-dealkylation sites (tertiary alicyclic amines) is 1. The van der Waals surface area contributed by atoms with Gasteiger partial charge >= 0.3 is 0 Å². The molecule has 3 aromatic rings. The first kappa shape index (κ1) is 18.7. The summed E-state index contributed by atoms with van der Waals surface area (Å²) in [4.78, 5) is 28.0. The van der Waals surface area contributed by atoms with E-state index in [2.05, 4.69) is 10.3 Å². The maximum absolute atomic E-state index is 13.6. The first-order valence-electron chi connectivity index (χ1n) is 10.3. The molecule has 1 amide bonds. The van der Waals surface area contributed by atoms with Gasteiger partial charge in [-0.05, 0) is 49.6 Å². The molecule has 2 aliphatic rings. The number of benzene rings is 1. The minimum Gasteiger partial charge on any atom is -0.342 e. The summed E-state index contributed by atoms with van der Waals surface area (Å²) in [5.41, 5.74) is 2.32. The van der Waals surface area contributed by atoms with Crippen LogP contribution in [0.15, 0.2) is 54.9 Å². The van der Waals surface area contributed by atoms with Crippen LogP contribution in [0.25, 0.3) is 11.3 Å². The molecule has 1 atom stereocenters. The molecule has 1 N–H and O–H groups in total. The molecule has 1 aromatic carbocycles. The molecule has 0 unspecified atom stereocenters. The number of carbonyl (C=O) groups excluding carboxylic acids is 1. The number of anilines is 2. The number of hydrogen-bond acceptors (Lipinski definition) is 5. The number of pyridine rings is 1. The largest absolute Gasteiger partial charge is 0.342 e. The highest BCUT2D eigenvalue weighted by molar-refractivity contribution is 5.81. The Morgan fingerprint density at radius 1 is 1.07 bits per heavy atom. The molecule has 6 nitrogen and oxygen atoms in total. The summed E-state index contributed by atoms with van der Waals surface area (Å²) < 4.78 is 13.6. The molecule has 0 bridgehead atoms. The summed E-state index contributed by atoms with van der Waals surface area (Å²) in [6, 6.07) is 11.9. The van der Waals surface area contributed by atoms with Crippen molar-refractivity contribution in [3.8, 4) is 11.3 Å². The van der Waals surface area contributed by atoms with Crippen molar-refractivity contribution in [2.75, 3.05) is 18.4 Å². The van der Waals surface area contributed by atoms with E-state index in [9.17, 15) is 9.18 Å². The predicted molar refractivity (Wildman–Crippen MR) is 112 cm³/mol. The van der Waals surface area contributed by atoms with Crippen molar-refractivity contribution < 1.29 is 9.18 Å². The Morgan fingerprint density at radius 3 is 2.67 bits per heavy atom. The quantitative estimate of drug-likeness (QED) is 0.693. The minimum absolute atomic E-state index is 0.0857. The van der Waals surface area contributed by atoms with E-state index in [1.807, 2.05) is 23.1 Å². The van der Waals surface area contributed by atoms with E-state index >= 15 is 0 Å². The van der Waals surface area contributed by atoms with E-state index in [-0.39, 0.29) is 23.6 Å². The molecule has 2 fully saturated rings. The van der Waals surface area contributed by atoms with Gasteiger partial charge in [0.1, 0.15) is 17.5 Å². The number of amides is 1. The molecule has 2 aromatic heterocycles. The third-order valence-electron chi connectivity index (χ3n) is 5.61. The Morgan fingerprint density at radius 2 is 1.90 bits per heavy atom. The van der Waals surface area contributed by atoms with Crippen molar-refractivity contribution >= 4 is 17.4 Å². The van der Waals surface area contributed by atoms with Crippen LogP contribution in [0.2, 0.25) is 0 Å². The van der Waals surface area contributed by atoms with Crippen molar-refractivity contribution in [3.05, 3.63) is 66.5 Å². The van der Waals surface area contributed by atoms with Gasteiger partial charge in [-0.15, -0.1) is 0 Å². The molecule has 0 spiro atoms. The number of hydrogen-bond donors (Lipinski definition) is 1. The number of aromatic nitrogens is 3. The maximum atomic E-state index is 13.6. The third-order valence-corrected chi connectivity index (χ3v) is 5.61. The van der Waals surface area contributed by atoms with Gasteiger partial charge < -0.3 is 10.2 Å². The smallest absolute Gasteiger partial charge is 0.225 e. The number of rotatable bonds is 5. The van der Waals surface area contributed by atoms with E-state index in [0.29, 0.717) is 23.9 Å². The van der Waals surface area contributed by atoms with Crippen molar-refractivity contribution in [1.29, 1.82) is 0 Å². The topological polar surface area (TPSA) is 71.0 Å². The molecular weight excluding hydrogens is 381 g/mol. The highest BCUT2D eigenvalue weighted by Crippen LogP contribution is 2.35. The van der Waals surface area contributed by atoms with Crippen molar-refractivity contribution in [2.24, 2.45) is 5.92 Å². The SMILES string of the molecule is O=C(C1CC1)N1CC[C@@H](c2nc(Nc3cccc(F)c3)cc(-c3ccncc3)n2)C1. The van der Waals surface area contributed by atoms with Gasteiger partial charge in [0, 0.05) is 54.6 Å². The lowest BCUT2D eigenvalue weighted by molar-refractivity contribution is -0.131. The van der Waals surface area contributed by atoms with Crippen molar-refractivity contribution in [3.63, 3.8) is 0 Å². The fourth-order valence-corrected chi connectivity index (χ4v) is 3.86. The van der Waals surface area contributed by atoms with Gasteiger partial charge in [0.15, 0.2) is 0 Å². The van der Waals surface area contributed by atoms with Gasteiger partial charge in [-0.2, -0.15) is 0 Å². The van der Waals surface area contributed by atoms with Gasteiger partial charge in [-0.1, -0.05) is 6.07 Å². The molecule has 5 rings (SSSR count). The first-order chi connectivity index (χ1) is 14.7. The Bertz CT molecular complexity index is 1070. The van der Waals surface area contributed by atoms with Crippen molar-refractivity contribution in [2.45, 2.75) is 25.2 Å². The zero-order chi connectivity index (χ0) is 20.5. The number of halogens is 1. The predicted octanol–water partition coefficient (Wildman–Crippen LogP) is 4.15. The highest BCUT2D eigenvalue weighted by Gasteiger charge is 2.37. The van der Waals surface area contributed by atoms with E-state index in [0.717, 1.165) is 37.1 Å². The van der Waals surface area contributed by atoms with Crippen LogP contribution in [-0.2, 0) is 4.79 Å². The lowest BCUT2D eigenvalue weighted by Crippen LogP contribution is -2.29. The van der Waals surface area contributed by atoms with E-state index < -0.39 is 0 Å².